The van der Waals surface area contributed by atoms with Crippen molar-refractivity contribution >= 4 is 40.7 Å². The molecule has 0 spiro atoms. The van der Waals surface area contributed by atoms with Crippen LogP contribution in [-0.2, 0) is 21.2 Å². The molecule has 1 aromatic carbocycles. The highest BCUT2D eigenvalue weighted by Gasteiger charge is 2.22. The Kier molecular flexibility index (Phi) is 8.78. The van der Waals surface area contributed by atoms with Crippen LogP contribution in [0.5, 0.6) is 0 Å². The van der Waals surface area contributed by atoms with Crippen LogP contribution < -0.4 is 10.5 Å². The van der Waals surface area contributed by atoms with E-state index in [4.69, 9.17) is 5.73 Å². The number of pyridine rings is 1. The van der Waals surface area contributed by atoms with Gasteiger partial charge >= 0.3 is 0 Å². The lowest BCUT2D eigenvalue weighted by Crippen LogP contribution is -2.44. The van der Waals surface area contributed by atoms with E-state index in [0.29, 0.717) is 0 Å². The van der Waals surface area contributed by atoms with Gasteiger partial charge in [-0.05, 0) is 24.1 Å². The van der Waals surface area contributed by atoms with Crippen molar-refractivity contribution in [3.8, 4) is 0 Å². The zero-order valence-corrected chi connectivity index (χ0v) is 14.4. The maximum atomic E-state index is 12.0. The fraction of sp³-hybridized carbons (Fsp3) is 0.143. The number of carbonyl (C=O) groups excluding carboxylic acids is 1. The molecule has 0 bridgehead atoms. The number of benzene rings is 1. The van der Waals surface area contributed by atoms with Crippen LogP contribution in [0.3, 0.4) is 0 Å². The lowest BCUT2D eigenvalue weighted by Gasteiger charge is -2.12. The first-order valence-electron chi connectivity index (χ1n) is 6.25. The summed E-state index contributed by atoms with van der Waals surface area (Å²) in [5, 5.41) is 0. The molecule has 1 unspecified atom stereocenters. The summed E-state index contributed by atoms with van der Waals surface area (Å²) in [5.74, 6) is -0.747. The maximum Gasteiger partial charge on any atom is 0.265 e. The highest BCUT2D eigenvalue weighted by Crippen LogP contribution is 2.07. The van der Waals surface area contributed by atoms with Crippen molar-refractivity contribution in [3.05, 3.63) is 60.4 Å². The third-order valence-electron chi connectivity index (χ3n) is 2.81. The van der Waals surface area contributed by atoms with Crippen LogP contribution in [0.25, 0.3) is 0 Å². The number of hydrogen-bond donors (Lipinski definition) is 2. The predicted molar refractivity (Wildman–Crippen MR) is 92.2 cm³/mol. The number of aromatic nitrogens is 1. The number of amides is 1. The van der Waals surface area contributed by atoms with E-state index in [9.17, 15) is 13.2 Å². The van der Waals surface area contributed by atoms with Crippen molar-refractivity contribution in [2.24, 2.45) is 5.73 Å². The van der Waals surface area contributed by atoms with E-state index < -0.39 is 22.0 Å². The highest BCUT2D eigenvalue weighted by atomic mass is 35.5. The molecule has 1 heterocycles. The minimum Gasteiger partial charge on any atom is -0.320 e. The summed E-state index contributed by atoms with van der Waals surface area (Å²) in [7, 11) is -3.94. The summed E-state index contributed by atoms with van der Waals surface area (Å²) < 4.78 is 25.9. The number of nitrogens with zero attached hydrogens (tertiary/aromatic N) is 1. The molecule has 3 N–H and O–H groups in total. The molecule has 0 fully saturated rings. The smallest absolute Gasteiger partial charge is 0.265 e. The molecule has 0 radical (unpaired) electrons. The first-order valence-corrected chi connectivity index (χ1v) is 7.73. The zero-order valence-electron chi connectivity index (χ0n) is 12.0. The number of carbonyl (C=O) groups is 1. The van der Waals surface area contributed by atoms with Gasteiger partial charge in [0.05, 0.1) is 6.04 Å². The molecule has 126 valence electrons. The molecule has 6 nitrogen and oxygen atoms in total. The van der Waals surface area contributed by atoms with Crippen LogP contribution in [0.4, 0.5) is 0 Å². The van der Waals surface area contributed by atoms with Crippen LogP contribution >= 0.6 is 24.8 Å². The molecular weight excluding hydrogens is 361 g/mol. The van der Waals surface area contributed by atoms with E-state index in [1.54, 1.807) is 0 Å². The van der Waals surface area contributed by atoms with Gasteiger partial charge in [0.15, 0.2) is 0 Å². The van der Waals surface area contributed by atoms with Crippen molar-refractivity contribution in [2.45, 2.75) is 17.4 Å². The summed E-state index contributed by atoms with van der Waals surface area (Å²) in [6, 6.07) is 11.0. The van der Waals surface area contributed by atoms with Crippen molar-refractivity contribution in [2.75, 3.05) is 0 Å². The molecule has 0 aliphatic rings. The highest BCUT2D eigenvalue weighted by molar-refractivity contribution is 7.90. The summed E-state index contributed by atoms with van der Waals surface area (Å²) in [5.41, 5.74) is 6.60. The van der Waals surface area contributed by atoms with E-state index in [0.717, 1.165) is 5.56 Å². The SMILES string of the molecule is Cl.Cl.NC(Cc1ccccc1)C(=O)NS(=O)(=O)c1cccnc1. The lowest BCUT2D eigenvalue weighted by molar-refractivity contribution is -0.120. The Bertz CT molecular complexity index is 713. The number of rotatable bonds is 5. The zero-order chi connectivity index (χ0) is 15.3. The predicted octanol–water partition coefficient (Wildman–Crippen LogP) is 1.30. The quantitative estimate of drug-likeness (QED) is 0.817. The standard InChI is InChI=1S/C14H15N3O3S.2ClH/c15-13(9-11-5-2-1-3-6-11)14(18)17-21(19,20)12-7-4-8-16-10-12;;/h1-8,10,13H,9,15H2,(H,17,18);2*1H. The van der Waals surface area contributed by atoms with Crippen molar-refractivity contribution < 1.29 is 13.2 Å². The van der Waals surface area contributed by atoms with Crippen molar-refractivity contribution in [1.29, 1.82) is 0 Å². The normalized spacial score (nSPS) is 11.5. The molecule has 2 rings (SSSR count). The molecule has 1 atom stereocenters. The Hall–Kier alpha value is -1.67. The Labute approximate surface area is 147 Å². The van der Waals surface area contributed by atoms with Crippen molar-refractivity contribution in [1.82, 2.24) is 9.71 Å². The van der Waals surface area contributed by atoms with E-state index in [-0.39, 0.29) is 36.1 Å². The molecule has 23 heavy (non-hydrogen) atoms. The molecule has 9 heteroatoms. The second kappa shape index (κ2) is 9.46. The summed E-state index contributed by atoms with van der Waals surface area (Å²) in [4.78, 5) is 15.5. The van der Waals surface area contributed by atoms with Gasteiger partial charge in [-0.3, -0.25) is 9.78 Å². The lowest BCUT2D eigenvalue weighted by atomic mass is 10.1. The summed E-state index contributed by atoms with van der Waals surface area (Å²) in [6.07, 6.45) is 2.87. The van der Waals surface area contributed by atoms with Crippen molar-refractivity contribution in [3.63, 3.8) is 0 Å². The van der Waals surface area contributed by atoms with E-state index in [1.807, 2.05) is 35.1 Å². The third kappa shape index (κ3) is 6.15. The van der Waals surface area contributed by atoms with Gasteiger partial charge in [-0.1, -0.05) is 30.3 Å². The molecule has 2 aromatic rings. The summed E-state index contributed by atoms with van der Waals surface area (Å²) in [6.45, 7) is 0. The molecule has 1 amide bonds. The van der Waals surface area contributed by atoms with Crippen LogP contribution in [0.15, 0.2) is 59.8 Å². The number of sulfonamides is 1. The number of nitrogens with one attached hydrogen (secondary N) is 1. The Balaban J connectivity index is 0.00000242. The fourth-order valence-corrected chi connectivity index (χ4v) is 2.73. The van der Waals surface area contributed by atoms with E-state index >= 15 is 0 Å². The first kappa shape index (κ1) is 21.3. The minimum atomic E-state index is -3.94. The number of halogens is 2. The molecular formula is C14H17Cl2N3O3S. The average molecular weight is 378 g/mol. The third-order valence-corrected chi connectivity index (χ3v) is 4.15. The molecule has 0 saturated heterocycles. The largest absolute Gasteiger partial charge is 0.320 e. The van der Waals surface area contributed by atoms with Gasteiger partial charge in [-0.2, -0.15) is 0 Å². The Morgan fingerprint density at radius 1 is 1.13 bits per heavy atom. The second-order valence-corrected chi connectivity index (χ2v) is 6.14. The van der Waals surface area contributed by atoms with E-state index in [2.05, 4.69) is 4.98 Å². The second-order valence-electron chi connectivity index (χ2n) is 4.45. The van der Waals surface area contributed by atoms with Gasteiger partial charge in [-0.15, -0.1) is 24.8 Å². The van der Waals surface area contributed by atoms with Gasteiger partial charge in [0, 0.05) is 12.4 Å². The molecule has 1 aromatic heterocycles. The van der Waals surface area contributed by atoms with Crippen LogP contribution in [0, 0.1) is 0 Å². The summed E-state index contributed by atoms with van der Waals surface area (Å²) >= 11 is 0. The van der Waals surface area contributed by atoms with Crippen LogP contribution in [0.1, 0.15) is 5.56 Å². The minimum absolute atomic E-state index is 0. The molecule has 0 saturated carbocycles. The average Bonchev–Trinajstić information content (AvgIpc) is 2.48. The Morgan fingerprint density at radius 2 is 1.78 bits per heavy atom. The fourth-order valence-electron chi connectivity index (χ4n) is 1.73. The van der Waals surface area contributed by atoms with Gasteiger partial charge in [0.2, 0.25) is 0 Å². The van der Waals surface area contributed by atoms with Gasteiger partial charge in [-0.25, -0.2) is 13.1 Å². The maximum absolute atomic E-state index is 12.0. The van der Waals surface area contributed by atoms with Crippen LogP contribution in [-0.4, -0.2) is 25.4 Å². The Morgan fingerprint density at radius 3 is 2.35 bits per heavy atom. The number of hydrogen-bond acceptors (Lipinski definition) is 5. The van der Waals surface area contributed by atoms with E-state index in [1.165, 1.54) is 24.5 Å². The molecule has 0 aliphatic heterocycles. The number of nitrogens with two attached hydrogens (primary N) is 1. The van der Waals surface area contributed by atoms with Crippen LogP contribution in [0.2, 0.25) is 0 Å². The van der Waals surface area contributed by atoms with Gasteiger partial charge in [0.25, 0.3) is 15.9 Å². The monoisotopic (exact) mass is 377 g/mol. The first-order chi connectivity index (χ1) is 9.99. The van der Waals surface area contributed by atoms with Gasteiger partial charge in [0.1, 0.15) is 4.90 Å². The van der Waals surface area contributed by atoms with Gasteiger partial charge < -0.3 is 5.73 Å². The topological polar surface area (TPSA) is 102 Å². The molecule has 0 aliphatic carbocycles.